The van der Waals surface area contributed by atoms with E-state index in [-0.39, 0.29) is 0 Å². The standard InChI is InChI=1S/2C8H11NO2/c1-10-6-3-4-8(11-2)7(9)5-6;1-10-6-3-4-7(9)8(5-6)11-2/h2*3-5H,9H2,1-2H3. The first-order valence-corrected chi connectivity index (χ1v) is 6.50. The van der Waals surface area contributed by atoms with Gasteiger partial charge in [-0.2, -0.15) is 0 Å². The van der Waals surface area contributed by atoms with Crippen LogP contribution in [0.1, 0.15) is 0 Å². The number of ether oxygens (including phenoxy) is 4. The van der Waals surface area contributed by atoms with Gasteiger partial charge in [0.15, 0.2) is 0 Å². The van der Waals surface area contributed by atoms with Crippen molar-refractivity contribution in [3.63, 3.8) is 0 Å². The van der Waals surface area contributed by atoms with E-state index < -0.39 is 0 Å². The van der Waals surface area contributed by atoms with Crippen LogP contribution in [0.25, 0.3) is 0 Å². The van der Waals surface area contributed by atoms with Gasteiger partial charge in [0.25, 0.3) is 0 Å². The van der Waals surface area contributed by atoms with E-state index in [1.54, 1.807) is 64.8 Å². The summed E-state index contributed by atoms with van der Waals surface area (Å²) in [6, 6.07) is 10.6. The van der Waals surface area contributed by atoms with Crippen LogP contribution in [0.2, 0.25) is 0 Å². The van der Waals surface area contributed by atoms with Gasteiger partial charge in [-0.1, -0.05) is 0 Å². The zero-order valence-electron chi connectivity index (χ0n) is 13.3. The Morgan fingerprint density at radius 2 is 1.14 bits per heavy atom. The van der Waals surface area contributed by atoms with Crippen molar-refractivity contribution in [3.8, 4) is 23.0 Å². The van der Waals surface area contributed by atoms with Gasteiger partial charge in [0.2, 0.25) is 0 Å². The summed E-state index contributed by atoms with van der Waals surface area (Å²) in [4.78, 5) is 0. The number of benzene rings is 2. The molecule has 2 aromatic carbocycles. The summed E-state index contributed by atoms with van der Waals surface area (Å²) in [5.41, 5.74) is 12.4. The summed E-state index contributed by atoms with van der Waals surface area (Å²) in [6.45, 7) is 0. The molecular weight excluding hydrogens is 284 g/mol. The molecule has 0 aliphatic carbocycles. The number of nitrogens with two attached hydrogens (primary N) is 2. The highest BCUT2D eigenvalue weighted by Crippen LogP contribution is 2.26. The zero-order valence-corrected chi connectivity index (χ0v) is 13.3. The molecule has 6 heteroatoms. The van der Waals surface area contributed by atoms with Crippen LogP contribution in [0.3, 0.4) is 0 Å². The van der Waals surface area contributed by atoms with Gasteiger partial charge in [-0.25, -0.2) is 0 Å². The van der Waals surface area contributed by atoms with Crippen LogP contribution in [0.15, 0.2) is 36.4 Å². The Morgan fingerprint density at radius 3 is 1.64 bits per heavy atom. The summed E-state index contributed by atoms with van der Waals surface area (Å²) < 4.78 is 19.9. The predicted molar refractivity (Wildman–Crippen MR) is 87.9 cm³/mol. The smallest absolute Gasteiger partial charge is 0.145 e. The minimum absolute atomic E-state index is 0.590. The van der Waals surface area contributed by atoms with Crippen LogP contribution in [0, 0.1) is 0 Å². The van der Waals surface area contributed by atoms with Crippen LogP contribution in [0.4, 0.5) is 11.4 Å². The molecule has 0 aliphatic rings. The van der Waals surface area contributed by atoms with Gasteiger partial charge in [0.1, 0.15) is 23.0 Å². The molecule has 0 aliphatic heterocycles. The van der Waals surface area contributed by atoms with Gasteiger partial charge in [-0.15, -0.1) is 0 Å². The molecule has 2 rings (SSSR count). The van der Waals surface area contributed by atoms with E-state index in [0.717, 1.165) is 11.5 Å². The molecule has 0 saturated heterocycles. The number of rotatable bonds is 4. The van der Waals surface area contributed by atoms with E-state index >= 15 is 0 Å². The normalized spacial score (nSPS) is 9.27. The van der Waals surface area contributed by atoms with Crippen LogP contribution in [0.5, 0.6) is 23.0 Å². The number of hydrogen-bond acceptors (Lipinski definition) is 6. The molecule has 0 saturated carbocycles. The van der Waals surface area contributed by atoms with Gasteiger partial charge in [-0.05, 0) is 24.3 Å². The minimum Gasteiger partial charge on any atom is -0.497 e. The van der Waals surface area contributed by atoms with E-state index in [1.807, 2.05) is 0 Å². The summed E-state index contributed by atoms with van der Waals surface area (Å²) >= 11 is 0. The minimum atomic E-state index is 0.590. The fraction of sp³-hybridized carbons (Fsp3) is 0.250. The lowest BCUT2D eigenvalue weighted by Gasteiger charge is -2.05. The molecule has 120 valence electrons. The second-order valence-electron chi connectivity index (χ2n) is 4.22. The van der Waals surface area contributed by atoms with Crippen molar-refractivity contribution in [2.45, 2.75) is 0 Å². The average Bonchev–Trinajstić information content (AvgIpc) is 2.55. The lowest BCUT2D eigenvalue weighted by atomic mass is 10.3. The second kappa shape index (κ2) is 8.51. The zero-order chi connectivity index (χ0) is 16.5. The van der Waals surface area contributed by atoms with Gasteiger partial charge >= 0.3 is 0 Å². The first-order valence-electron chi connectivity index (χ1n) is 6.50. The fourth-order valence-electron chi connectivity index (χ4n) is 1.66. The quantitative estimate of drug-likeness (QED) is 0.844. The van der Waals surface area contributed by atoms with Crippen molar-refractivity contribution in [2.75, 3.05) is 39.9 Å². The molecule has 0 radical (unpaired) electrons. The Labute approximate surface area is 130 Å². The van der Waals surface area contributed by atoms with Crippen molar-refractivity contribution in [1.82, 2.24) is 0 Å². The third-order valence-electron chi connectivity index (χ3n) is 2.88. The summed E-state index contributed by atoms with van der Waals surface area (Å²) in [5.74, 6) is 2.80. The topological polar surface area (TPSA) is 89.0 Å². The highest BCUT2D eigenvalue weighted by atomic mass is 16.5. The monoisotopic (exact) mass is 306 g/mol. The lowest BCUT2D eigenvalue weighted by Crippen LogP contribution is -1.92. The van der Waals surface area contributed by atoms with Crippen LogP contribution in [-0.4, -0.2) is 28.4 Å². The SMILES string of the molecule is COc1ccc(N)c(OC)c1.COc1ccc(OC)c(N)c1. The van der Waals surface area contributed by atoms with E-state index in [4.69, 9.17) is 30.4 Å². The van der Waals surface area contributed by atoms with E-state index in [1.165, 1.54) is 0 Å². The van der Waals surface area contributed by atoms with Crippen LogP contribution < -0.4 is 30.4 Å². The Bertz CT molecular complexity index is 603. The highest BCUT2D eigenvalue weighted by molar-refractivity contribution is 5.56. The summed E-state index contributed by atoms with van der Waals surface area (Å²) in [5, 5.41) is 0. The summed E-state index contributed by atoms with van der Waals surface area (Å²) in [6.07, 6.45) is 0. The third kappa shape index (κ3) is 4.66. The molecular formula is C16H22N2O4. The largest absolute Gasteiger partial charge is 0.497 e. The maximum atomic E-state index is 5.60. The number of methoxy groups -OCH3 is 4. The Morgan fingerprint density at radius 1 is 0.591 bits per heavy atom. The van der Waals surface area contributed by atoms with Crippen molar-refractivity contribution < 1.29 is 18.9 Å². The molecule has 0 atom stereocenters. The van der Waals surface area contributed by atoms with Crippen LogP contribution >= 0.6 is 0 Å². The highest BCUT2D eigenvalue weighted by Gasteiger charge is 1.99. The van der Waals surface area contributed by atoms with E-state index in [0.29, 0.717) is 22.9 Å². The molecule has 0 fully saturated rings. The van der Waals surface area contributed by atoms with Gasteiger partial charge in [0, 0.05) is 12.1 Å². The Balaban J connectivity index is 0.000000220. The van der Waals surface area contributed by atoms with Gasteiger partial charge in [-0.3, -0.25) is 0 Å². The molecule has 0 amide bonds. The Hall–Kier alpha value is -2.76. The molecule has 4 N–H and O–H groups in total. The number of hydrogen-bond donors (Lipinski definition) is 2. The van der Waals surface area contributed by atoms with E-state index in [9.17, 15) is 0 Å². The van der Waals surface area contributed by atoms with Crippen molar-refractivity contribution in [1.29, 1.82) is 0 Å². The van der Waals surface area contributed by atoms with E-state index in [2.05, 4.69) is 0 Å². The fourth-order valence-corrected chi connectivity index (χ4v) is 1.66. The molecule has 0 unspecified atom stereocenters. The van der Waals surface area contributed by atoms with Crippen molar-refractivity contribution >= 4 is 11.4 Å². The molecule has 0 spiro atoms. The number of anilines is 2. The number of nitrogen functional groups attached to an aromatic ring is 2. The molecule has 2 aromatic rings. The Kier molecular flexibility index (Phi) is 6.69. The first kappa shape index (κ1) is 17.3. The van der Waals surface area contributed by atoms with Gasteiger partial charge in [0.05, 0.1) is 39.8 Å². The first-order chi connectivity index (χ1) is 10.5. The summed E-state index contributed by atoms with van der Waals surface area (Å²) in [7, 11) is 6.36. The molecule has 0 bridgehead atoms. The second-order valence-corrected chi connectivity index (χ2v) is 4.22. The molecule has 6 nitrogen and oxygen atoms in total. The maximum Gasteiger partial charge on any atom is 0.145 e. The molecule has 0 heterocycles. The lowest BCUT2D eigenvalue weighted by molar-refractivity contribution is 0.395. The van der Waals surface area contributed by atoms with Crippen molar-refractivity contribution in [2.24, 2.45) is 0 Å². The average molecular weight is 306 g/mol. The predicted octanol–water partition coefficient (Wildman–Crippen LogP) is 2.57. The van der Waals surface area contributed by atoms with Gasteiger partial charge < -0.3 is 30.4 Å². The third-order valence-corrected chi connectivity index (χ3v) is 2.88. The van der Waals surface area contributed by atoms with Crippen molar-refractivity contribution in [3.05, 3.63) is 36.4 Å². The molecule has 0 aromatic heterocycles. The maximum absolute atomic E-state index is 5.60. The van der Waals surface area contributed by atoms with Crippen LogP contribution in [-0.2, 0) is 0 Å². The molecule has 22 heavy (non-hydrogen) atoms.